The fraction of sp³-hybridized carbons (Fsp3) is 0.442. The topological polar surface area (TPSA) is 110 Å². The van der Waals surface area contributed by atoms with Gasteiger partial charge in [-0.25, -0.2) is 9.78 Å². The predicted molar refractivity (Wildman–Crippen MR) is 197 cm³/mol. The van der Waals surface area contributed by atoms with Crippen molar-refractivity contribution in [3.05, 3.63) is 107 Å². The molecule has 1 amide bonds. The molecule has 1 heterocycles. The van der Waals surface area contributed by atoms with Crippen LogP contribution >= 0.6 is 0 Å². The molecule has 0 radical (unpaired) electrons. The Morgan fingerprint density at radius 3 is 2.24 bits per heavy atom. The van der Waals surface area contributed by atoms with E-state index in [1.165, 1.54) is 38.5 Å². The van der Waals surface area contributed by atoms with Gasteiger partial charge in [0.1, 0.15) is 18.0 Å². The van der Waals surface area contributed by atoms with Crippen LogP contribution in [-0.4, -0.2) is 33.4 Å². The van der Waals surface area contributed by atoms with Gasteiger partial charge in [0.05, 0.1) is 17.2 Å². The molecule has 2 N–H and O–H groups in total. The number of aromatic amines is 1. The average molecular weight is 688 g/mol. The van der Waals surface area contributed by atoms with Crippen LogP contribution < -0.4 is 5.32 Å². The van der Waals surface area contributed by atoms with Gasteiger partial charge in [0.25, 0.3) is 5.91 Å². The van der Waals surface area contributed by atoms with Crippen LogP contribution in [0.15, 0.2) is 78.9 Å². The summed E-state index contributed by atoms with van der Waals surface area (Å²) in [7, 11) is 0. The van der Waals surface area contributed by atoms with Crippen molar-refractivity contribution in [1.29, 1.82) is 0 Å². The van der Waals surface area contributed by atoms with Gasteiger partial charge < -0.3 is 19.8 Å². The first-order valence-corrected chi connectivity index (χ1v) is 18.4. The van der Waals surface area contributed by atoms with E-state index in [0.29, 0.717) is 29.2 Å². The van der Waals surface area contributed by atoms with E-state index < -0.39 is 23.4 Å². The van der Waals surface area contributed by atoms with Gasteiger partial charge >= 0.3 is 11.9 Å². The van der Waals surface area contributed by atoms with Crippen LogP contribution in [0.3, 0.4) is 0 Å². The van der Waals surface area contributed by atoms with Gasteiger partial charge in [0.2, 0.25) is 0 Å². The predicted octanol–water partition coefficient (Wildman–Crippen LogP) is 9.42. The van der Waals surface area contributed by atoms with Crippen molar-refractivity contribution < 1.29 is 23.9 Å². The van der Waals surface area contributed by atoms with Crippen LogP contribution in [0.5, 0.6) is 0 Å². The molecule has 4 aliphatic rings. The van der Waals surface area contributed by atoms with Gasteiger partial charge in [0, 0.05) is 11.3 Å². The van der Waals surface area contributed by atoms with Crippen LogP contribution in [-0.2, 0) is 20.9 Å². The van der Waals surface area contributed by atoms with Crippen molar-refractivity contribution in [2.45, 2.75) is 97.2 Å². The third-order valence-corrected chi connectivity index (χ3v) is 11.1. The minimum atomic E-state index is -0.706. The lowest BCUT2D eigenvalue weighted by atomic mass is 9.48. The number of ether oxygens (including phenoxy) is 2. The lowest BCUT2D eigenvalue weighted by Crippen LogP contribution is -2.46. The number of nitrogens with zero attached hydrogens (tertiary/aromatic N) is 1. The molecular weight excluding hydrogens is 638 g/mol. The molecule has 4 bridgehead atoms. The summed E-state index contributed by atoms with van der Waals surface area (Å²) in [4.78, 5) is 49.6. The number of aryl methyl sites for hydroxylation is 1. The van der Waals surface area contributed by atoms with Gasteiger partial charge in [-0.1, -0.05) is 60.7 Å². The van der Waals surface area contributed by atoms with E-state index in [4.69, 9.17) is 14.5 Å². The fourth-order valence-electron chi connectivity index (χ4n) is 9.30. The van der Waals surface area contributed by atoms with Gasteiger partial charge in [-0.05, 0) is 132 Å². The molecule has 4 aliphatic carbocycles. The summed E-state index contributed by atoms with van der Waals surface area (Å²) in [5.74, 6) is 0.879. The van der Waals surface area contributed by atoms with Crippen molar-refractivity contribution in [2.75, 3.05) is 5.32 Å². The number of hydrogen-bond donors (Lipinski definition) is 2. The second-order valence-corrected chi connectivity index (χ2v) is 16.3. The van der Waals surface area contributed by atoms with Gasteiger partial charge in [-0.15, -0.1) is 0 Å². The summed E-state index contributed by atoms with van der Waals surface area (Å²) < 4.78 is 11.6. The molecule has 4 fully saturated rings. The van der Waals surface area contributed by atoms with Crippen molar-refractivity contribution in [3.8, 4) is 11.4 Å². The Morgan fingerprint density at radius 1 is 0.902 bits per heavy atom. The normalized spacial score (nSPS) is 22.7. The van der Waals surface area contributed by atoms with Crippen molar-refractivity contribution in [1.82, 2.24) is 9.97 Å². The van der Waals surface area contributed by atoms with E-state index in [1.54, 1.807) is 24.3 Å². The zero-order chi connectivity index (χ0) is 35.8. The molecule has 8 rings (SSSR count). The minimum Gasteiger partial charge on any atom is -0.459 e. The van der Waals surface area contributed by atoms with Crippen LogP contribution in [0.1, 0.15) is 116 Å². The molecule has 1 aromatic heterocycles. The number of carbonyl (C=O) groups is 3. The summed E-state index contributed by atoms with van der Waals surface area (Å²) in [5.41, 5.74) is 3.61. The first-order chi connectivity index (χ1) is 24.4. The third-order valence-electron chi connectivity index (χ3n) is 11.1. The number of H-pyrrole nitrogens is 1. The SMILES string of the molecule is Cc1ccccc1-c1nc(C(=O)Nc2cccc(C(=O)OCc3ccccc3)c2)c(C(CCC23CC4CC(CC(C4)C2)C3)C(=O)OC(C)(C)C)[nH]1. The Labute approximate surface area is 300 Å². The van der Waals surface area contributed by atoms with Crippen LogP contribution in [0.25, 0.3) is 11.4 Å². The largest absolute Gasteiger partial charge is 0.459 e. The third kappa shape index (κ3) is 7.95. The number of hydrogen-bond acceptors (Lipinski definition) is 6. The second-order valence-electron chi connectivity index (χ2n) is 16.3. The summed E-state index contributed by atoms with van der Waals surface area (Å²) in [6, 6.07) is 24.0. The highest BCUT2D eigenvalue weighted by Gasteiger charge is 2.51. The maximum atomic E-state index is 14.2. The quantitative estimate of drug-likeness (QED) is 0.152. The zero-order valence-corrected chi connectivity index (χ0v) is 30.2. The highest BCUT2D eigenvalue weighted by molar-refractivity contribution is 6.05. The maximum Gasteiger partial charge on any atom is 0.338 e. The lowest BCUT2D eigenvalue weighted by Gasteiger charge is -2.57. The number of rotatable bonds is 11. The molecule has 1 unspecified atom stereocenters. The number of amides is 1. The standard InChI is InChI=1S/C43H49N3O5/c1-27-11-8-9-16-34(27)38-45-36(35(41(49)51-42(2,3)4)17-18-43-23-29-19-30(24-43)21-31(20-29)25-43)37(46-38)39(47)44-33-15-10-14-32(22-33)40(48)50-26-28-12-6-5-7-13-28/h5-16,22,29-31,35H,17-21,23-26H2,1-4H3,(H,44,47)(H,45,46). The van der Waals surface area contributed by atoms with Crippen molar-refractivity contribution >= 4 is 23.5 Å². The summed E-state index contributed by atoms with van der Waals surface area (Å²) in [6.45, 7) is 7.76. The van der Waals surface area contributed by atoms with E-state index in [2.05, 4.69) is 10.3 Å². The smallest absolute Gasteiger partial charge is 0.338 e. The molecule has 0 spiro atoms. The Bertz CT molecular complexity index is 1870. The van der Waals surface area contributed by atoms with Crippen LogP contribution in [0, 0.1) is 30.1 Å². The molecule has 0 saturated heterocycles. The highest BCUT2D eigenvalue weighted by Crippen LogP contribution is 2.62. The van der Waals surface area contributed by atoms with Crippen LogP contribution in [0.2, 0.25) is 0 Å². The molecule has 4 saturated carbocycles. The number of imidazole rings is 1. The maximum absolute atomic E-state index is 14.2. The molecular formula is C43H49N3O5. The fourth-order valence-corrected chi connectivity index (χ4v) is 9.30. The number of anilines is 1. The zero-order valence-electron chi connectivity index (χ0n) is 30.2. The van der Waals surface area contributed by atoms with E-state index in [1.807, 2.05) is 82.3 Å². The van der Waals surface area contributed by atoms with Gasteiger partial charge in [0.15, 0.2) is 5.69 Å². The van der Waals surface area contributed by atoms with E-state index in [-0.39, 0.29) is 23.7 Å². The number of esters is 2. The number of carbonyl (C=O) groups excluding carboxylic acids is 3. The monoisotopic (exact) mass is 687 g/mol. The van der Waals surface area contributed by atoms with Crippen molar-refractivity contribution in [3.63, 3.8) is 0 Å². The molecule has 8 heteroatoms. The first-order valence-electron chi connectivity index (χ1n) is 18.4. The van der Waals surface area contributed by atoms with E-state index in [9.17, 15) is 14.4 Å². The van der Waals surface area contributed by atoms with Gasteiger partial charge in [-0.2, -0.15) is 0 Å². The Morgan fingerprint density at radius 2 is 1.57 bits per heavy atom. The molecule has 0 aliphatic heterocycles. The van der Waals surface area contributed by atoms with Crippen LogP contribution in [0.4, 0.5) is 5.69 Å². The lowest BCUT2D eigenvalue weighted by molar-refractivity contribution is -0.157. The molecule has 51 heavy (non-hydrogen) atoms. The average Bonchev–Trinajstić information content (AvgIpc) is 3.51. The minimum absolute atomic E-state index is 0.143. The second kappa shape index (κ2) is 14.1. The van der Waals surface area contributed by atoms with E-state index in [0.717, 1.165) is 40.9 Å². The molecule has 4 aromatic rings. The summed E-state index contributed by atoms with van der Waals surface area (Å²) in [6.07, 6.45) is 9.23. The summed E-state index contributed by atoms with van der Waals surface area (Å²) >= 11 is 0. The Balaban J connectivity index is 1.18. The highest BCUT2D eigenvalue weighted by atomic mass is 16.6. The Hall–Kier alpha value is -4.72. The molecule has 1 atom stereocenters. The molecule has 3 aromatic carbocycles. The number of nitrogens with one attached hydrogen (secondary N) is 2. The van der Waals surface area contributed by atoms with Crippen molar-refractivity contribution in [2.24, 2.45) is 23.2 Å². The van der Waals surface area contributed by atoms with Gasteiger partial charge in [-0.3, -0.25) is 9.59 Å². The van der Waals surface area contributed by atoms with E-state index >= 15 is 0 Å². The molecule has 266 valence electrons. The number of benzene rings is 3. The molecule has 8 nitrogen and oxygen atoms in total. The Kier molecular flexibility index (Phi) is 9.62. The first kappa shape index (κ1) is 34.7. The summed E-state index contributed by atoms with van der Waals surface area (Å²) in [5, 5.41) is 2.96. The number of aromatic nitrogens is 2.